The van der Waals surface area contributed by atoms with Crippen molar-refractivity contribution in [2.45, 2.75) is 12.8 Å². The van der Waals surface area contributed by atoms with E-state index in [0.29, 0.717) is 0 Å². The molecule has 6 aromatic carbocycles. The van der Waals surface area contributed by atoms with Crippen LogP contribution in [0.5, 0.6) is 0 Å². The van der Waals surface area contributed by atoms with Crippen molar-refractivity contribution in [3.05, 3.63) is 173 Å². The molecule has 1 aliphatic rings. The van der Waals surface area contributed by atoms with Gasteiger partial charge in [-0.3, -0.25) is 0 Å². The summed E-state index contributed by atoms with van der Waals surface area (Å²) in [6, 6.07) is 51.7. The van der Waals surface area contributed by atoms with E-state index in [1.54, 1.807) is 0 Å². The van der Waals surface area contributed by atoms with Crippen molar-refractivity contribution in [3.63, 3.8) is 0 Å². The molecule has 0 unspecified atom stereocenters. The minimum atomic E-state index is 0.883. The summed E-state index contributed by atoms with van der Waals surface area (Å²) in [5, 5.41) is 2.25. The van der Waals surface area contributed by atoms with Crippen LogP contribution in [0.15, 0.2) is 172 Å². The summed E-state index contributed by atoms with van der Waals surface area (Å²) in [4.78, 5) is 2.40. The second-order valence-electron chi connectivity index (χ2n) is 11.4. The Morgan fingerprint density at radius 2 is 1.04 bits per heavy atom. The standard InChI is InChI=1S/C42H30BrNO/c43-40-16-8-15-39-38-14-7-13-37(41(38)45-42(39)40)33-21-27-36(28-22-33)44(34-23-17-31(18-24-34)29-9-3-1-4-10-29)35-25-19-32(20-26-35)30-11-5-2-6-12-30/h1-19,21-25,27-28H,20,26H2. The van der Waals surface area contributed by atoms with Gasteiger partial charge in [-0.2, -0.15) is 0 Å². The Morgan fingerprint density at radius 3 is 1.69 bits per heavy atom. The molecule has 0 atom stereocenters. The molecular weight excluding hydrogens is 614 g/mol. The van der Waals surface area contributed by atoms with Gasteiger partial charge in [0.05, 0.1) is 4.47 Å². The highest BCUT2D eigenvalue weighted by molar-refractivity contribution is 9.10. The first kappa shape index (κ1) is 27.4. The largest absolute Gasteiger partial charge is 0.454 e. The summed E-state index contributed by atoms with van der Waals surface area (Å²) in [6.45, 7) is 0. The minimum absolute atomic E-state index is 0.883. The summed E-state index contributed by atoms with van der Waals surface area (Å²) in [5.74, 6) is 0. The minimum Gasteiger partial charge on any atom is -0.454 e. The molecule has 45 heavy (non-hydrogen) atoms. The molecular formula is C42H30BrNO. The van der Waals surface area contributed by atoms with Gasteiger partial charge in [0.25, 0.3) is 0 Å². The van der Waals surface area contributed by atoms with Crippen LogP contribution in [0.3, 0.4) is 0 Å². The van der Waals surface area contributed by atoms with Gasteiger partial charge in [0, 0.05) is 33.4 Å². The van der Waals surface area contributed by atoms with E-state index in [-0.39, 0.29) is 0 Å². The van der Waals surface area contributed by atoms with Gasteiger partial charge in [0.2, 0.25) is 0 Å². The third-order valence-corrected chi connectivity index (χ3v) is 9.33. The molecule has 2 nitrogen and oxygen atoms in total. The number of halogens is 1. The molecule has 1 aromatic heterocycles. The molecule has 8 rings (SSSR count). The number of benzene rings is 6. The molecule has 1 heterocycles. The Morgan fingerprint density at radius 1 is 0.467 bits per heavy atom. The first-order valence-electron chi connectivity index (χ1n) is 15.3. The van der Waals surface area contributed by atoms with Crippen LogP contribution in [-0.4, -0.2) is 0 Å². The second-order valence-corrected chi connectivity index (χ2v) is 12.3. The van der Waals surface area contributed by atoms with Crippen LogP contribution >= 0.6 is 15.9 Å². The van der Waals surface area contributed by atoms with Gasteiger partial charge in [-0.05, 0) is 93.0 Å². The normalized spacial score (nSPS) is 13.1. The Kier molecular flexibility index (Phi) is 7.17. The Bertz CT molecular complexity index is 2190. The lowest BCUT2D eigenvalue weighted by atomic mass is 9.94. The van der Waals surface area contributed by atoms with E-state index in [1.165, 1.54) is 28.0 Å². The van der Waals surface area contributed by atoms with Crippen LogP contribution in [0.4, 0.5) is 11.4 Å². The maximum Gasteiger partial charge on any atom is 0.149 e. The molecule has 0 saturated carbocycles. The lowest BCUT2D eigenvalue weighted by Gasteiger charge is -2.30. The molecule has 0 spiro atoms. The second kappa shape index (κ2) is 11.8. The van der Waals surface area contributed by atoms with Crippen LogP contribution in [-0.2, 0) is 0 Å². The fourth-order valence-corrected chi connectivity index (χ4v) is 6.87. The van der Waals surface area contributed by atoms with Crippen LogP contribution in [0.1, 0.15) is 18.4 Å². The third kappa shape index (κ3) is 5.20. The Labute approximate surface area is 271 Å². The highest BCUT2D eigenvalue weighted by atomic mass is 79.9. The first-order chi connectivity index (χ1) is 22.2. The van der Waals surface area contributed by atoms with Crippen LogP contribution in [0.2, 0.25) is 0 Å². The maximum atomic E-state index is 6.43. The van der Waals surface area contributed by atoms with E-state index in [4.69, 9.17) is 4.42 Å². The summed E-state index contributed by atoms with van der Waals surface area (Å²) in [7, 11) is 0. The molecule has 0 N–H and O–H groups in total. The van der Waals surface area contributed by atoms with Gasteiger partial charge in [0.15, 0.2) is 0 Å². The number of para-hydroxylation sites is 2. The van der Waals surface area contributed by atoms with Crippen molar-refractivity contribution in [1.82, 2.24) is 0 Å². The predicted molar refractivity (Wildman–Crippen MR) is 193 cm³/mol. The monoisotopic (exact) mass is 643 g/mol. The van der Waals surface area contributed by atoms with Crippen molar-refractivity contribution in [2.24, 2.45) is 0 Å². The van der Waals surface area contributed by atoms with Crippen molar-refractivity contribution in [2.75, 3.05) is 4.90 Å². The summed E-state index contributed by atoms with van der Waals surface area (Å²) >= 11 is 3.67. The number of anilines is 2. The SMILES string of the molecule is Brc1cccc2c1oc1c(-c3ccc(N(C4=CC=C(c5ccccc5)CC4)c4ccc(-c5ccccc5)cc4)cc3)cccc12. The number of hydrogen-bond donors (Lipinski definition) is 0. The summed E-state index contributed by atoms with van der Waals surface area (Å²) in [5.41, 5.74) is 12.7. The van der Waals surface area contributed by atoms with Gasteiger partial charge >= 0.3 is 0 Å². The molecule has 7 aromatic rings. The lowest BCUT2D eigenvalue weighted by Crippen LogP contribution is -2.17. The van der Waals surface area contributed by atoms with E-state index in [2.05, 4.69) is 173 Å². The molecule has 0 amide bonds. The van der Waals surface area contributed by atoms with E-state index >= 15 is 0 Å². The first-order valence-corrected chi connectivity index (χ1v) is 16.1. The number of furan rings is 1. The molecule has 0 aliphatic heterocycles. The molecule has 0 bridgehead atoms. The van der Waals surface area contributed by atoms with Crippen LogP contribution in [0, 0.1) is 0 Å². The van der Waals surface area contributed by atoms with Gasteiger partial charge in [-0.1, -0.05) is 121 Å². The number of allylic oxidation sites excluding steroid dienone is 4. The molecule has 216 valence electrons. The molecule has 0 radical (unpaired) electrons. The van der Waals surface area contributed by atoms with Crippen LogP contribution < -0.4 is 4.90 Å². The molecule has 0 saturated heterocycles. The van der Waals surface area contributed by atoms with E-state index in [9.17, 15) is 0 Å². The maximum absolute atomic E-state index is 6.43. The van der Waals surface area contributed by atoms with Gasteiger partial charge in [0.1, 0.15) is 11.2 Å². The van der Waals surface area contributed by atoms with Gasteiger partial charge in [-0.15, -0.1) is 0 Å². The summed E-state index contributed by atoms with van der Waals surface area (Å²) < 4.78 is 7.40. The van der Waals surface area contributed by atoms with Crippen molar-refractivity contribution in [3.8, 4) is 22.3 Å². The highest BCUT2D eigenvalue weighted by Gasteiger charge is 2.19. The highest BCUT2D eigenvalue weighted by Crippen LogP contribution is 2.41. The number of nitrogens with zero attached hydrogens (tertiary/aromatic N) is 1. The summed E-state index contributed by atoms with van der Waals surface area (Å²) in [6.07, 6.45) is 6.53. The Balaban J connectivity index is 1.19. The van der Waals surface area contributed by atoms with E-state index in [0.717, 1.165) is 61.8 Å². The third-order valence-electron chi connectivity index (χ3n) is 8.70. The average molecular weight is 645 g/mol. The predicted octanol–water partition coefficient (Wildman–Crippen LogP) is 12.6. The zero-order valence-electron chi connectivity index (χ0n) is 24.7. The van der Waals surface area contributed by atoms with Gasteiger partial charge < -0.3 is 9.32 Å². The fraction of sp³-hybridized carbons (Fsp3) is 0.0476. The van der Waals surface area contributed by atoms with E-state index < -0.39 is 0 Å². The topological polar surface area (TPSA) is 16.4 Å². The van der Waals surface area contributed by atoms with E-state index in [1.807, 2.05) is 6.07 Å². The number of hydrogen-bond acceptors (Lipinski definition) is 2. The Hall–Kier alpha value is -5.12. The zero-order chi connectivity index (χ0) is 30.2. The molecule has 1 aliphatic carbocycles. The molecule has 0 fully saturated rings. The molecule has 3 heteroatoms. The zero-order valence-corrected chi connectivity index (χ0v) is 26.2. The quantitative estimate of drug-likeness (QED) is 0.179. The van der Waals surface area contributed by atoms with Gasteiger partial charge in [-0.25, -0.2) is 0 Å². The smallest absolute Gasteiger partial charge is 0.149 e. The van der Waals surface area contributed by atoms with Crippen molar-refractivity contribution in [1.29, 1.82) is 0 Å². The lowest BCUT2D eigenvalue weighted by molar-refractivity contribution is 0.668. The number of fused-ring (bicyclic) bond motifs is 3. The van der Waals surface area contributed by atoms with Crippen LogP contribution in [0.25, 0.3) is 49.8 Å². The number of rotatable bonds is 6. The fourth-order valence-electron chi connectivity index (χ4n) is 6.42. The van der Waals surface area contributed by atoms with Crippen molar-refractivity contribution >= 4 is 54.8 Å². The average Bonchev–Trinajstić information content (AvgIpc) is 3.51. The van der Waals surface area contributed by atoms with Crippen molar-refractivity contribution < 1.29 is 4.42 Å².